The molecule has 3 N–H and O–H groups in total. The summed E-state index contributed by atoms with van der Waals surface area (Å²) in [6.07, 6.45) is 1.90. The first-order chi connectivity index (χ1) is 13.2. The van der Waals surface area contributed by atoms with Crippen LogP contribution in [0.3, 0.4) is 0 Å². The minimum Gasteiger partial charge on any atom is -0.326 e. The lowest BCUT2D eigenvalue weighted by Gasteiger charge is -2.27. The quantitative estimate of drug-likeness (QED) is 0.542. The minimum atomic E-state index is -2.73. The van der Waals surface area contributed by atoms with Gasteiger partial charge in [-0.2, -0.15) is 0 Å². The first-order valence-electron chi connectivity index (χ1n) is 8.64. The van der Waals surface area contributed by atoms with Crippen LogP contribution in [-0.4, -0.2) is 16.8 Å². The number of alkyl halides is 2. The van der Waals surface area contributed by atoms with Crippen molar-refractivity contribution in [3.63, 3.8) is 0 Å². The van der Waals surface area contributed by atoms with E-state index in [0.717, 1.165) is 18.0 Å². The van der Waals surface area contributed by atoms with E-state index < -0.39 is 23.5 Å². The molecular formula is C19H21F4N3OS. The van der Waals surface area contributed by atoms with E-state index in [-0.39, 0.29) is 18.7 Å². The van der Waals surface area contributed by atoms with Crippen LogP contribution in [0, 0.1) is 24.5 Å². The summed E-state index contributed by atoms with van der Waals surface area (Å²) in [7, 11) is 0. The number of pyridine rings is 1. The molecule has 1 aromatic heterocycles. The molecule has 0 radical (unpaired) electrons. The average molecular weight is 415 g/mol. The number of amides is 1. The smallest absolute Gasteiger partial charge is 0.248 e. The molecule has 1 aliphatic carbocycles. The largest absolute Gasteiger partial charge is 0.326 e. The molecule has 0 bridgehead atoms. The fraction of sp³-hybridized carbons (Fsp3) is 0.368. The zero-order chi connectivity index (χ0) is 20.7. The van der Waals surface area contributed by atoms with E-state index in [1.165, 1.54) is 25.3 Å². The standard InChI is InChI=1S/C12H15F2N3OS.C7H6F2/c13-12(14)4-1-2-8(7-12)11(18)17-9-3-5-16-10(6-9)19-15;1-5-3-2-4-6(8)7(5)9/h3,5-6,8H,1-2,4,7,15H2,(H,16,17,18);2-4H,1H3. The van der Waals surface area contributed by atoms with Gasteiger partial charge < -0.3 is 5.32 Å². The lowest BCUT2D eigenvalue weighted by atomic mass is 9.86. The molecule has 0 saturated heterocycles. The van der Waals surface area contributed by atoms with Crippen molar-refractivity contribution >= 4 is 23.5 Å². The van der Waals surface area contributed by atoms with Crippen LogP contribution in [0.2, 0.25) is 0 Å². The molecule has 152 valence electrons. The van der Waals surface area contributed by atoms with Crippen LogP contribution in [0.4, 0.5) is 23.2 Å². The lowest BCUT2D eigenvalue weighted by molar-refractivity contribution is -0.127. The number of benzene rings is 1. The Bertz CT molecular complexity index is 799. The highest BCUT2D eigenvalue weighted by Gasteiger charge is 2.39. The van der Waals surface area contributed by atoms with Gasteiger partial charge in [0.15, 0.2) is 11.6 Å². The van der Waals surface area contributed by atoms with Crippen LogP contribution >= 0.6 is 11.9 Å². The minimum absolute atomic E-state index is 0.125. The van der Waals surface area contributed by atoms with Crippen molar-refractivity contribution in [2.75, 3.05) is 5.32 Å². The van der Waals surface area contributed by atoms with Crippen molar-refractivity contribution in [3.05, 3.63) is 53.7 Å². The molecule has 3 rings (SSSR count). The Morgan fingerprint density at radius 1 is 1.32 bits per heavy atom. The second kappa shape index (κ2) is 9.88. The van der Waals surface area contributed by atoms with E-state index in [1.807, 2.05) is 0 Å². The Morgan fingerprint density at radius 2 is 2.07 bits per heavy atom. The average Bonchev–Trinajstić information content (AvgIpc) is 2.66. The van der Waals surface area contributed by atoms with Gasteiger partial charge in [0.1, 0.15) is 5.03 Å². The van der Waals surface area contributed by atoms with E-state index in [2.05, 4.69) is 10.3 Å². The molecule has 1 heterocycles. The van der Waals surface area contributed by atoms with Gasteiger partial charge in [0.25, 0.3) is 0 Å². The molecule has 0 spiro atoms. The monoisotopic (exact) mass is 415 g/mol. The number of nitrogens with two attached hydrogens (primary N) is 1. The molecule has 1 saturated carbocycles. The van der Waals surface area contributed by atoms with E-state index >= 15 is 0 Å². The lowest BCUT2D eigenvalue weighted by Crippen LogP contribution is -2.33. The number of anilines is 1. The zero-order valence-electron chi connectivity index (χ0n) is 15.2. The summed E-state index contributed by atoms with van der Waals surface area (Å²) in [6, 6.07) is 7.33. The third kappa shape index (κ3) is 6.49. The Balaban J connectivity index is 0.000000261. The van der Waals surface area contributed by atoms with Crippen LogP contribution in [0.25, 0.3) is 0 Å². The van der Waals surface area contributed by atoms with E-state index in [9.17, 15) is 22.4 Å². The SMILES string of the molecule is Cc1cccc(F)c1F.NSc1cc(NC(=O)C2CCCC(F)(F)C2)ccn1. The van der Waals surface area contributed by atoms with Gasteiger partial charge in [-0.1, -0.05) is 12.1 Å². The molecule has 9 heteroatoms. The summed E-state index contributed by atoms with van der Waals surface area (Å²) in [5.74, 6) is -5.26. The van der Waals surface area contributed by atoms with Crippen LogP contribution in [0.15, 0.2) is 41.6 Å². The number of halogens is 4. The van der Waals surface area contributed by atoms with Gasteiger partial charge in [-0.05, 0) is 55.5 Å². The summed E-state index contributed by atoms with van der Waals surface area (Å²) in [6.45, 7) is 1.53. The second-order valence-electron chi connectivity index (χ2n) is 6.51. The maximum atomic E-state index is 13.3. The zero-order valence-corrected chi connectivity index (χ0v) is 16.0. The summed E-state index contributed by atoms with van der Waals surface area (Å²) < 4.78 is 51.1. The van der Waals surface area contributed by atoms with E-state index in [4.69, 9.17) is 5.14 Å². The molecule has 2 aromatic rings. The maximum Gasteiger partial charge on any atom is 0.248 e. The third-order valence-electron chi connectivity index (χ3n) is 4.28. The second-order valence-corrected chi connectivity index (χ2v) is 7.16. The van der Waals surface area contributed by atoms with Crippen molar-refractivity contribution in [2.45, 2.75) is 43.6 Å². The highest BCUT2D eigenvalue weighted by atomic mass is 32.2. The number of rotatable bonds is 3. The van der Waals surface area contributed by atoms with Gasteiger partial charge in [0.05, 0.1) is 0 Å². The van der Waals surface area contributed by atoms with Gasteiger partial charge in [0.2, 0.25) is 11.8 Å². The molecule has 1 unspecified atom stereocenters. The van der Waals surface area contributed by atoms with Crippen molar-refractivity contribution < 1.29 is 22.4 Å². The normalized spacial score (nSPS) is 18.0. The Labute approximate surface area is 165 Å². The number of carbonyl (C=O) groups excluding carboxylic acids is 1. The van der Waals surface area contributed by atoms with Gasteiger partial charge >= 0.3 is 0 Å². The maximum absolute atomic E-state index is 13.3. The first kappa shape index (κ1) is 22.2. The van der Waals surface area contributed by atoms with Gasteiger partial charge in [-0.15, -0.1) is 0 Å². The topological polar surface area (TPSA) is 68.0 Å². The molecule has 1 amide bonds. The number of carbonyl (C=O) groups is 1. The summed E-state index contributed by atoms with van der Waals surface area (Å²) in [5, 5.41) is 8.57. The van der Waals surface area contributed by atoms with Crippen molar-refractivity contribution in [3.8, 4) is 0 Å². The fourth-order valence-corrected chi connectivity index (χ4v) is 3.12. The number of aromatic nitrogens is 1. The van der Waals surface area contributed by atoms with Crippen LogP contribution in [0.1, 0.15) is 31.2 Å². The Hall–Kier alpha value is -2.13. The molecule has 1 atom stereocenters. The van der Waals surface area contributed by atoms with Crippen molar-refractivity contribution in [1.82, 2.24) is 4.98 Å². The number of hydrogen-bond donors (Lipinski definition) is 2. The number of nitrogens with zero attached hydrogens (tertiary/aromatic N) is 1. The molecule has 1 aromatic carbocycles. The van der Waals surface area contributed by atoms with Crippen molar-refractivity contribution in [1.29, 1.82) is 0 Å². The molecule has 4 nitrogen and oxygen atoms in total. The highest BCUT2D eigenvalue weighted by Crippen LogP contribution is 2.37. The predicted molar refractivity (Wildman–Crippen MR) is 101 cm³/mol. The van der Waals surface area contributed by atoms with Gasteiger partial charge in [-0.3, -0.25) is 9.93 Å². The summed E-state index contributed by atoms with van der Waals surface area (Å²) in [5.41, 5.74) is 0.872. The van der Waals surface area contributed by atoms with Crippen LogP contribution < -0.4 is 10.5 Å². The third-order valence-corrected chi connectivity index (χ3v) is 4.74. The molecule has 1 fully saturated rings. The number of hydrogen-bond acceptors (Lipinski definition) is 4. The molecule has 0 aliphatic heterocycles. The summed E-state index contributed by atoms with van der Waals surface area (Å²) >= 11 is 0.963. The van der Waals surface area contributed by atoms with Gasteiger partial charge in [-0.25, -0.2) is 22.5 Å². The molecule has 28 heavy (non-hydrogen) atoms. The molecule has 1 aliphatic rings. The van der Waals surface area contributed by atoms with Gasteiger partial charge in [0, 0.05) is 30.6 Å². The number of nitrogens with one attached hydrogen (secondary N) is 1. The molecular weight excluding hydrogens is 394 g/mol. The van der Waals surface area contributed by atoms with Crippen molar-refractivity contribution in [2.24, 2.45) is 11.1 Å². The Morgan fingerprint density at radius 3 is 2.68 bits per heavy atom. The van der Waals surface area contributed by atoms with Crippen LogP contribution in [0.5, 0.6) is 0 Å². The summed E-state index contributed by atoms with van der Waals surface area (Å²) in [4.78, 5) is 15.9. The number of aryl methyl sites for hydroxylation is 1. The fourth-order valence-electron chi connectivity index (χ4n) is 2.80. The Kier molecular flexibility index (Phi) is 7.82. The highest BCUT2D eigenvalue weighted by molar-refractivity contribution is 7.97. The van der Waals surface area contributed by atoms with E-state index in [1.54, 1.807) is 12.1 Å². The van der Waals surface area contributed by atoms with E-state index in [0.29, 0.717) is 29.1 Å². The predicted octanol–water partition coefficient (Wildman–Crippen LogP) is 5.08. The van der Waals surface area contributed by atoms with Crippen LogP contribution in [-0.2, 0) is 4.79 Å². The first-order valence-corrected chi connectivity index (χ1v) is 9.52.